The van der Waals surface area contributed by atoms with E-state index >= 15 is 0 Å². The Bertz CT molecular complexity index is 328. The van der Waals surface area contributed by atoms with Gasteiger partial charge in [0.25, 0.3) is 0 Å². The molecule has 0 spiro atoms. The lowest BCUT2D eigenvalue weighted by Gasteiger charge is -2.25. The van der Waals surface area contributed by atoms with Gasteiger partial charge in [-0.3, -0.25) is 4.79 Å². The predicted molar refractivity (Wildman–Crippen MR) is 63.6 cm³/mol. The summed E-state index contributed by atoms with van der Waals surface area (Å²) in [6, 6.07) is 9.47. The number of hydrogen-bond acceptors (Lipinski definition) is 2. The van der Waals surface area contributed by atoms with Crippen LogP contribution in [0.15, 0.2) is 30.3 Å². The third-order valence-electron chi connectivity index (χ3n) is 3.05. The van der Waals surface area contributed by atoms with Crippen LogP contribution in [0.2, 0.25) is 0 Å². The minimum Gasteiger partial charge on any atom is -0.378 e. The van der Waals surface area contributed by atoms with Gasteiger partial charge in [0.05, 0.1) is 6.10 Å². The van der Waals surface area contributed by atoms with E-state index < -0.39 is 0 Å². The summed E-state index contributed by atoms with van der Waals surface area (Å²) in [5, 5.41) is 0. The van der Waals surface area contributed by atoms with Crippen molar-refractivity contribution in [3.8, 4) is 0 Å². The van der Waals surface area contributed by atoms with E-state index in [2.05, 4.69) is 0 Å². The van der Waals surface area contributed by atoms with Gasteiger partial charge in [-0.2, -0.15) is 0 Å². The largest absolute Gasteiger partial charge is 0.378 e. The molecular formula is C14H18O2. The lowest BCUT2D eigenvalue weighted by molar-refractivity contribution is 0.00103. The van der Waals surface area contributed by atoms with Crippen molar-refractivity contribution < 1.29 is 9.53 Å². The first-order valence-corrected chi connectivity index (χ1v) is 6.06. The van der Waals surface area contributed by atoms with E-state index in [0.29, 0.717) is 12.5 Å². The van der Waals surface area contributed by atoms with Crippen LogP contribution < -0.4 is 0 Å². The summed E-state index contributed by atoms with van der Waals surface area (Å²) in [7, 11) is 0. The first kappa shape index (κ1) is 11.3. The minimum absolute atomic E-state index is 0.220. The van der Waals surface area contributed by atoms with Gasteiger partial charge >= 0.3 is 0 Å². The Morgan fingerprint density at radius 3 is 2.62 bits per heavy atom. The van der Waals surface area contributed by atoms with E-state index in [0.717, 1.165) is 18.6 Å². The predicted octanol–water partition coefficient (Wildman–Crippen LogP) is 3.22. The Hall–Kier alpha value is -1.15. The highest BCUT2D eigenvalue weighted by Crippen LogP contribution is 2.22. The molecule has 0 unspecified atom stereocenters. The van der Waals surface area contributed by atoms with Crippen molar-refractivity contribution >= 4 is 5.78 Å². The zero-order chi connectivity index (χ0) is 11.2. The van der Waals surface area contributed by atoms with Crippen molar-refractivity contribution in [3.05, 3.63) is 35.9 Å². The summed E-state index contributed by atoms with van der Waals surface area (Å²) in [5.74, 6) is 0.220. The van der Waals surface area contributed by atoms with Gasteiger partial charge in [-0.1, -0.05) is 30.3 Å². The van der Waals surface area contributed by atoms with E-state index in [1.54, 1.807) is 0 Å². The minimum atomic E-state index is 0.220. The van der Waals surface area contributed by atoms with Crippen LogP contribution in [0.1, 0.15) is 42.5 Å². The Kier molecular flexibility index (Phi) is 4.11. The van der Waals surface area contributed by atoms with Crippen LogP contribution in [0, 0.1) is 0 Å². The molecule has 1 aromatic carbocycles. The molecule has 1 aromatic rings. The lowest BCUT2D eigenvalue weighted by Crippen LogP contribution is -2.22. The number of Topliss-reactive ketones (excluding diaryl/α,β-unsaturated/α-hetero) is 1. The van der Waals surface area contributed by atoms with Crippen LogP contribution in [0.25, 0.3) is 0 Å². The molecule has 0 atom stereocenters. The summed E-state index contributed by atoms with van der Waals surface area (Å²) in [4.78, 5) is 11.7. The van der Waals surface area contributed by atoms with Gasteiger partial charge in [-0.15, -0.1) is 0 Å². The van der Waals surface area contributed by atoms with Gasteiger partial charge in [0.15, 0.2) is 5.78 Å². The Balaban J connectivity index is 1.64. The summed E-state index contributed by atoms with van der Waals surface area (Å²) in [5.41, 5.74) is 0.811. The number of rotatable bonds is 6. The van der Waals surface area contributed by atoms with E-state index in [1.165, 1.54) is 19.3 Å². The standard InChI is InChI=1S/C14H18O2/c15-14(12-6-2-1-3-7-12)10-5-11-16-13-8-4-9-13/h1-3,6-7,13H,4-5,8-11H2. The topological polar surface area (TPSA) is 26.3 Å². The summed E-state index contributed by atoms with van der Waals surface area (Å²) in [6.45, 7) is 0.725. The fourth-order valence-corrected chi connectivity index (χ4v) is 1.79. The SMILES string of the molecule is O=C(CCCOC1CCC1)c1ccccc1. The van der Waals surface area contributed by atoms with Crippen molar-refractivity contribution in [1.29, 1.82) is 0 Å². The molecule has 0 amide bonds. The maximum atomic E-state index is 11.7. The Morgan fingerprint density at radius 2 is 2.00 bits per heavy atom. The van der Waals surface area contributed by atoms with E-state index in [4.69, 9.17) is 4.74 Å². The van der Waals surface area contributed by atoms with Crippen molar-refractivity contribution in [2.45, 2.75) is 38.2 Å². The average molecular weight is 218 g/mol. The van der Waals surface area contributed by atoms with Crippen molar-refractivity contribution in [2.75, 3.05) is 6.61 Å². The first-order chi connectivity index (χ1) is 7.86. The van der Waals surface area contributed by atoms with E-state index in [1.807, 2.05) is 30.3 Å². The number of carbonyl (C=O) groups is 1. The quantitative estimate of drug-likeness (QED) is 0.541. The second kappa shape index (κ2) is 5.80. The zero-order valence-electron chi connectivity index (χ0n) is 9.52. The number of ketones is 1. The molecule has 0 radical (unpaired) electrons. The van der Waals surface area contributed by atoms with Crippen LogP contribution in [-0.4, -0.2) is 18.5 Å². The molecule has 2 heteroatoms. The molecule has 2 nitrogen and oxygen atoms in total. The Labute approximate surface area is 96.6 Å². The van der Waals surface area contributed by atoms with E-state index in [-0.39, 0.29) is 5.78 Å². The molecule has 1 saturated carbocycles. The molecule has 0 bridgehead atoms. The van der Waals surface area contributed by atoms with Crippen molar-refractivity contribution in [2.24, 2.45) is 0 Å². The molecule has 0 saturated heterocycles. The highest BCUT2D eigenvalue weighted by atomic mass is 16.5. The molecule has 1 fully saturated rings. The van der Waals surface area contributed by atoms with Crippen molar-refractivity contribution in [3.63, 3.8) is 0 Å². The molecule has 1 aliphatic carbocycles. The van der Waals surface area contributed by atoms with Gasteiger partial charge in [-0.05, 0) is 25.7 Å². The molecule has 0 heterocycles. The van der Waals surface area contributed by atoms with Crippen LogP contribution >= 0.6 is 0 Å². The number of hydrogen-bond donors (Lipinski definition) is 0. The summed E-state index contributed by atoms with van der Waals surface area (Å²) >= 11 is 0. The van der Waals surface area contributed by atoms with Crippen LogP contribution in [0.4, 0.5) is 0 Å². The molecule has 2 rings (SSSR count). The molecule has 1 aliphatic rings. The molecule has 0 aromatic heterocycles. The average Bonchev–Trinajstić information content (AvgIpc) is 2.27. The van der Waals surface area contributed by atoms with Gasteiger partial charge in [0.1, 0.15) is 0 Å². The molecule has 0 aliphatic heterocycles. The lowest BCUT2D eigenvalue weighted by atomic mass is 9.96. The normalized spacial score (nSPS) is 15.8. The number of benzene rings is 1. The first-order valence-electron chi connectivity index (χ1n) is 6.06. The fraction of sp³-hybridized carbons (Fsp3) is 0.500. The monoisotopic (exact) mass is 218 g/mol. The third-order valence-corrected chi connectivity index (χ3v) is 3.05. The third kappa shape index (κ3) is 3.17. The smallest absolute Gasteiger partial charge is 0.162 e. The van der Waals surface area contributed by atoms with Gasteiger partial charge < -0.3 is 4.74 Å². The maximum Gasteiger partial charge on any atom is 0.162 e. The second-order valence-electron chi connectivity index (χ2n) is 4.32. The molecule has 0 N–H and O–H groups in total. The van der Waals surface area contributed by atoms with Crippen LogP contribution in [0.5, 0.6) is 0 Å². The van der Waals surface area contributed by atoms with E-state index in [9.17, 15) is 4.79 Å². The second-order valence-corrected chi connectivity index (χ2v) is 4.32. The van der Waals surface area contributed by atoms with Gasteiger partial charge in [-0.25, -0.2) is 0 Å². The van der Waals surface area contributed by atoms with Gasteiger partial charge in [0.2, 0.25) is 0 Å². The van der Waals surface area contributed by atoms with Crippen LogP contribution in [0.3, 0.4) is 0 Å². The summed E-state index contributed by atoms with van der Waals surface area (Å²) in [6.07, 6.45) is 5.61. The van der Waals surface area contributed by atoms with Crippen molar-refractivity contribution in [1.82, 2.24) is 0 Å². The van der Waals surface area contributed by atoms with Crippen LogP contribution in [-0.2, 0) is 4.74 Å². The maximum absolute atomic E-state index is 11.7. The fourth-order valence-electron chi connectivity index (χ4n) is 1.79. The highest BCUT2D eigenvalue weighted by molar-refractivity contribution is 5.95. The summed E-state index contributed by atoms with van der Waals surface area (Å²) < 4.78 is 5.61. The zero-order valence-corrected chi connectivity index (χ0v) is 9.52. The molecule has 86 valence electrons. The van der Waals surface area contributed by atoms with Gasteiger partial charge in [0, 0.05) is 18.6 Å². The highest BCUT2D eigenvalue weighted by Gasteiger charge is 2.17. The molecular weight excluding hydrogens is 200 g/mol. The molecule has 16 heavy (non-hydrogen) atoms. The number of carbonyl (C=O) groups excluding carboxylic acids is 1. The number of ether oxygens (including phenoxy) is 1. The Morgan fingerprint density at radius 1 is 1.25 bits per heavy atom.